The van der Waals surface area contributed by atoms with Crippen molar-refractivity contribution >= 4 is 17.7 Å². The molecule has 0 aliphatic rings. The van der Waals surface area contributed by atoms with Crippen molar-refractivity contribution in [1.82, 2.24) is 14.8 Å². The molecule has 25 heavy (non-hydrogen) atoms. The summed E-state index contributed by atoms with van der Waals surface area (Å²) >= 11 is 1.26. The van der Waals surface area contributed by atoms with Crippen LogP contribution in [0.4, 0.5) is 0 Å². The minimum absolute atomic E-state index is 0.141. The number of hydrogen-bond acceptors (Lipinski definition) is 5. The van der Waals surface area contributed by atoms with Gasteiger partial charge in [0, 0.05) is 11.3 Å². The number of aryl methyl sites for hydroxylation is 1. The summed E-state index contributed by atoms with van der Waals surface area (Å²) in [6.07, 6.45) is 0. The van der Waals surface area contributed by atoms with Crippen molar-refractivity contribution in [3.8, 4) is 22.8 Å². The van der Waals surface area contributed by atoms with Crippen molar-refractivity contribution in [3.05, 3.63) is 54.1 Å². The van der Waals surface area contributed by atoms with Gasteiger partial charge in [-0.25, -0.2) is 0 Å². The Kier molecular flexibility index (Phi) is 5.04. The van der Waals surface area contributed by atoms with Crippen molar-refractivity contribution in [1.29, 1.82) is 0 Å². The summed E-state index contributed by atoms with van der Waals surface area (Å²) in [7, 11) is 1.62. The van der Waals surface area contributed by atoms with Gasteiger partial charge in [-0.3, -0.25) is 9.36 Å². The second-order valence-electron chi connectivity index (χ2n) is 5.46. The molecule has 0 radical (unpaired) electrons. The molecule has 3 aromatic rings. The standard InChI is InChI=1S/C18H18N4O2S/c1-12-6-8-14(9-7-12)22-17(13-4-3-5-15(10-13)24-2)20-21-18(22)25-11-16(19)23/h3-10H,11H2,1-2H3,(H2,19,23). The van der Waals surface area contributed by atoms with Crippen LogP contribution in [0.3, 0.4) is 0 Å². The van der Waals surface area contributed by atoms with E-state index in [0.717, 1.165) is 22.6 Å². The maximum atomic E-state index is 11.2. The molecule has 0 spiro atoms. The summed E-state index contributed by atoms with van der Waals surface area (Å²) in [5.74, 6) is 1.16. The molecule has 0 aliphatic carbocycles. The lowest BCUT2D eigenvalue weighted by Gasteiger charge is -2.11. The van der Waals surface area contributed by atoms with Crippen LogP contribution in [0.15, 0.2) is 53.7 Å². The molecule has 2 N–H and O–H groups in total. The van der Waals surface area contributed by atoms with Crippen LogP contribution in [0.25, 0.3) is 17.1 Å². The van der Waals surface area contributed by atoms with Gasteiger partial charge in [0.2, 0.25) is 5.91 Å². The first-order valence-corrected chi connectivity index (χ1v) is 8.65. The minimum Gasteiger partial charge on any atom is -0.497 e. The normalized spacial score (nSPS) is 10.6. The summed E-state index contributed by atoms with van der Waals surface area (Å²) in [5.41, 5.74) is 8.22. The average molecular weight is 354 g/mol. The molecule has 0 atom stereocenters. The lowest BCUT2D eigenvalue weighted by Crippen LogP contribution is -2.13. The van der Waals surface area contributed by atoms with E-state index in [2.05, 4.69) is 10.2 Å². The fraction of sp³-hybridized carbons (Fsp3) is 0.167. The van der Waals surface area contributed by atoms with Gasteiger partial charge in [-0.15, -0.1) is 10.2 Å². The van der Waals surface area contributed by atoms with E-state index < -0.39 is 5.91 Å². The third-order valence-corrected chi connectivity index (χ3v) is 4.55. The fourth-order valence-corrected chi connectivity index (χ4v) is 3.07. The molecule has 1 amide bonds. The predicted molar refractivity (Wildman–Crippen MR) is 98.0 cm³/mol. The van der Waals surface area contributed by atoms with Crippen LogP contribution in [0.2, 0.25) is 0 Å². The molecule has 128 valence electrons. The minimum atomic E-state index is -0.397. The largest absolute Gasteiger partial charge is 0.497 e. The van der Waals surface area contributed by atoms with Gasteiger partial charge in [0.05, 0.1) is 12.9 Å². The maximum Gasteiger partial charge on any atom is 0.227 e. The smallest absolute Gasteiger partial charge is 0.227 e. The van der Waals surface area contributed by atoms with Gasteiger partial charge in [0.15, 0.2) is 11.0 Å². The zero-order chi connectivity index (χ0) is 17.8. The molecular formula is C18H18N4O2S. The number of benzene rings is 2. The van der Waals surface area contributed by atoms with Gasteiger partial charge in [-0.05, 0) is 31.2 Å². The molecule has 0 bridgehead atoms. The van der Waals surface area contributed by atoms with Gasteiger partial charge in [-0.1, -0.05) is 41.6 Å². The third-order valence-electron chi connectivity index (χ3n) is 3.60. The molecule has 1 heterocycles. The molecule has 7 heteroatoms. The topological polar surface area (TPSA) is 83.0 Å². The first-order chi connectivity index (χ1) is 12.1. The number of thioether (sulfide) groups is 1. The fourth-order valence-electron chi connectivity index (χ4n) is 2.37. The van der Waals surface area contributed by atoms with Gasteiger partial charge in [0.25, 0.3) is 0 Å². The molecule has 0 saturated heterocycles. The summed E-state index contributed by atoms with van der Waals surface area (Å²) in [6, 6.07) is 15.7. The van der Waals surface area contributed by atoms with E-state index in [1.807, 2.05) is 60.0 Å². The van der Waals surface area contributed by atoms with E-state index in [4.69, 9.17) is 10.5 Å². The molecule has 2 aromatic carbocycles. The highest BCUT2D eigenvalue weighted by Crippen LogP contribution is 2.29. The van der Waals surface area contributed by atoms with E-state index in [1.54, 1.807) is 7.11 Å². The van der Waals surface area contributed by atoms with Gasteiger partial charge >= 0.3 is 0 Å². The Morgan fingerprint density at radius 2 is 1.96 bits per heavy atom. The molecule has 0 unspecified atom stereocenters. The van der Waals surface area contributed by atoms with Gasteiger partial charge < -0.3 is 10.5 Å². The van der Waals surface area contributed by atoms with Crippen LogP contribution in [-0.4, -0.2) is 33.5 Å². The number of nitrogens with zero attached hydrogens (tertiary/aromatic N) is 3. The van der Waals surface area contributed by atoms with E-state index in [-0.39, 0.29) is 5.75 Å². The van der Waals surface area contributed by atoms with Crippen LogP contribution < -0.4 is 10.5 Å². The summed E-state index contributed by atoms with van der Waals surface area (Å²) in [6.45, 7) is 2.03. The molecule has 6 nitrogen and oxygen atoms in total. The number of ether oxygens (including phenoxy) is 1. The quantitative estimate of drug-likeness (QED) is 0.688. The van der Waals surface area contributed by atoms with Crippen LogP contribution >= 0.6 is 11.8 Å². The molecular weight excluding hydrogens is 336 g/mol. The predicted octanol–water partition coefficient (Wildman–Crippen LogP) is 2.83. The zero-order valence-corrected chi connectivity index (χ0v) is 14.8. The van der Waals surface area contributed by atoms with Crippen LogP contribution in [0, 0.1) is 6.92 Å². The average Bonchev–Trinajstić information content (AvgIpc) is 3.04. The number of carbonyl (C=O) groups excluding carboxylic acids is 1. The van der Waals surface area contributed by atoms with Crippen molar-refractivity contribution in [2.45, 2.75) is 12.1 Å². The van der Waals surface area contributed by atoms with Gasteiger partial charge in [-0.2, -0.15) is 0 Å². The number of hydrogen-bond donors (Lipinski definition) is 1. The Morgan fingerprint density at radius 1 is 1.20 bits per heavy atom. The SMILES string of the molecule is COc1cccc(-c2nnc(SCC(N)=O)n2-c2ccc(C)cc2)c1. The number of amides is 1. The van der Waals surface area contributed by atoms with Crippen LogP contribution in [0.5, 0.6) is 5.75 Å². The van der Waals surface area contributed by atoms with Crippen LogP contribution in [0.1, 0.15) is 5.56 Å². The van der Waals surface area contributed by atoms with E-state index in [0.29, 0.717) is 11.0 Å². The number of primary amides is 1. The number of carbonyl (C=O) groups is 1. The Balaban J connectivity index is 2.11. The van der Waals surface area contributed by atoms with E-state index in [1.165, 1.54) is 11.8 Å². The van der Waals surface area contributed by atoms with E-state index >= 15 is 0 Å². The van der Waals surface area contributed by atoms with Gasteiger partial charge in [0.1, 0.15) is 5.75 Å². The molecule has 0 aliphatic heterocycles. The molecule has 1 aromatic heterocycles. The maximum absolute atomic E-state index is 11.2. The molecule has 3 rings (SSSR count). The highest BCUT2D eigenvalue weighted by atomic mass is 32.2. The number of methoxy groups -OCH3 is 1. The second kappa shape index (κ2) is 7.40. The Morgan fingerprint density at radius 3 is 2.64 bits per heavy atom. The first kappa shape index (κ1) is 17.0. The Bertz CT molecular complexity index is 890. The number of aromatic nitrogens is 3. The summed E-state index contributed by atoms with van der Waals surface area (Å²) in [5, 5.41) is 9.18. The highest BCUT2D eigenvalue weighted by molar-refractivity contribution is 7.99. The monoisotopic (exact) mass is 354 g/mol. The second-order valence-corrected chi connectivity index (χ2v) is 6.41. The lowest BCUT2D eigenvalue weighted by molar-refractivity contribution is -0.115. The van der Waals surface area contributed by atoms with Crippen molar-refractivity contribution in [3.63, 3.8) is 0 Å². The number of rotatable bonds is 6. The van der Waals surface area contributed by atoms with Crippen molar-refractivity contribution in [2.75, 3.05) is 12.9 Å². The Labute approximate surface area is 150 Å². The summed E-state index contributed by atoms with van der Waals surface area (Å²) in [4.78, 5) is 11.2. The zero-order valence-electron chi connectivity index (χ0n) is 14.0. The highest BCUT2D eigenvalue weighted by Gasteiger charge is 2.17. The van der Waals surface area contributed by atoms with Crippen molar-refractivity contribution in [2.24, 2.45) is 5.73 Å². The number of nitrogens with two attached hydrogens (primary N) is 1. The first-order valence-electron chi connectivity index (χ1n) is 7.66. The Hall–Kier alpha value is -2.80. The van der Waals surface area contributed by atoms with Crippen molar-refractivity contribution < 1.29 is 9.53 Å². The third kappa shape index (κ3) is 3.83. The molecule has 0 fully saturated rings. The van der Waals surface area contributed by atoms with Crippen LogP contribution in [-0.2, 0) is 4.79 Å². The lowest BCUT2D eigenvalue weighted by atomic mass is 10.2. The summed E-state index contributed by atoms with van der Waals surface area (Å²) < 4.78 is 7.22. The van der Waals surface area contributed by atoms with E-state index in [9.17, 15) is 4.79 Å². The molecule has 0 saturated carbocycles.